The van der Waals surface area contributed by atoms with Gasteiger partial charge in [-0.25, -0.2) is 14.0 Å². The number of sulfonamides is 1. The Morgan fingerprint density at radius 3 is 2.45 bits per heavy atom. The fourth-order valence-electron chi connectivity index (χ4n) is 2.74. The van der Waals surface area contributed by atoms with Gasteiger partial charge < -0.3 is 14.2 Å². The Labute approximate surface area is 190 Å². The van der Waals surface area contributed by atoms with Gasteiger partial charge in [-0.2, -0.15) is 13.5 Å². The number of nitrogens with one attached hydrogen (secondary N) is 1. The zero-order valence-electron chi connectivity index (χ0n) is 17.8. The minimum atomic E-state index is -3.88. The van der Waals surface area contributed by atoms with Crippen molar-refractivity contribution in [3.63, 3.8) is 0 Å². The van der Waals surface area contributed by atoms with E-state index in [2.05, 4.69) is 9.93 Å². The lowest BCUT2D eigenvalue weighted by atomic mass is 10.2. The van der Waals surface area contributed by atoms with Gasteiger partial charge in [-0.15, -0.1) is 0 Å². The van der Waals surface area contributed by atoms with Gasteiger partial charge in [-0.05, 0) is 67.1 Å². The number of hydrazone groups is 1. The SMILES string of the molecule is CCOc1ccc(S(=O)(=O)N/N=C/c2ccc(OC(=O)c3ccccc3F)c(OC)c2)cc1. The number of halogens is 1. The summed E-state index contributed by atoms with van der Waals surface area (Å²) in [7, 11) is -2.51. The number of nitrogens with zero attached hydrogens (tertiary/aromatic N) is 1. The second kappa shape index (κ2) is 10.6. The van der Waals surface area contributed by atoms with Crippen LogP contribution in [0.15, 0.2) is 76.7 Å². The van der Waals surface area contributed by atoms with Crippen molar-refractivity contribution >= 4 is 22.2 Å². The van der Waals surface area contributed by atoms with E-state index in [1.54, 1.807) is 12.1 Å². The Morgan fingerprint density at radius 1 is 1.06 bits per heavy atom. The molecule has 3 aromatic carbocycles. The van der Waals surface area contributed by atoms with E-state index in [9.17, 15) is 17.6 Å². The summed E-state index contributed by atoms with van der Waals surface area (Å²) < 4.78 is 54.3. The van der Waals surface area contributed by atoms with Crippen LogP contribution in [0.2, 0.25) is 0 Å². The highest BCUT2D eigenvalue weighted by Gasteiger charge is 2.16. The van der Waals surface area contributed by atoms with Crippen LogP contribution in [0.5, 0.6) is 17.2 Å². The van der Waals surface area contributed by atoms with E-state index in [0.29, 0.717) is 17.9 Å². The van der Waals surface area contributed by atoms with Crippen LogP contribution < -0.4 is 19.0 Å². The first-order chi connectivity index (χ1) is 15.8. The maximum absolute atomic E-state index is 13.8. The molecule has 0 fully saturated rings. The third kappa shape index (κ3) is 6.07. The Balaban J connectivity index is 1.70. The fraction of sp³-hybridized carbons (Fsp3) is 0.130. The molecule has 0 amide bonds. The monoisotopic (exact) mass is 472 g/mol. The first-order valence-electron chi connectivity index (χ1n) is 9.76. The van der Waals surface area contributed by atoms with Crippen molar-refractivity contribution in [2.45, 2.75) is 11.8 Å². The lowest BCUT2D eigenvalue weighted by molar-refractivity contribution is 0.0725. The Hall–Kier alpha value is -3.92. The molecule has 10 heteroatoms. The lowest BCUT2D eigenvalue weighted by Crippen LogP contribution is -2.18. The summed E-state index contributed by atoms with van der Waals surface area (Å²) in [6.07, 6.45) is 1.26. The summed E-state index contributed by atoms with van der Waals surface area (Å²) >= 11 is 0. The number of benzene rings is 3. The molecule has 0 aromatic heterocycles. The minimum Gasteiger partial charge on any atom is -0.494 e. The normalized spacial score (nSPS) is 11.2. The zero-order chi connectivity index (χ0) is 23.8. The van der Waals surface area contributed by atoms with E-state index >= 15 is 0 Å². The number of rotatable bonds is 9. The zero-order valence-corrected chi connectivity index (χ0v) is 18.6. The summed E-state index contributed by atoms with van der Waals surface area (Å²) in [4.78, 5) is 14.4. The maximum atomic E-state index is 13.8. The molecule has 172 valence electrons. The molecule has 3 rings (SSSR count). The third-order valence-corrected chi connectivity index (χ3v) is 5.55. The summed E-state index contributed by atoms with van der Waals surface area (Å²) in [6, 6.07) is 15.8. The van der Waals surface area contributed by atoms with Crippen molar-refractivity contribution in [3.8, 4) is 17.2 Å². The van der Waals surface area contributed by atoms with Crippen LogP contribution in [0, 0.1) is 5.82 Å². The molecule has 8 nitrogen and oxygen atoms in total. The number of esters is 1. The maximum Gasteiger partial charge on any atom is 0.346 e. The van der Waals surface area contributed by atoms with Crippen LogP contribution in [-0.4, -0.2) is 34.3 Å². The summed E-state index contributed by atoms with van der Waals surface area (Å²) in [6.45, 7) is 2.30. The van der Waals surface area contributed by atoms with Crippen LogP contribution >= 0.6 is 0 Å². The minimum absolute atomic E-state index is 0.0242. The van der Waals surface area contributed by atoms with Crippen LogP contribution in [0.3, 0.4) is 0 Å². The molecule has 0 bridgehead atoms. The molecule has 0 radical (unpaired) electrons. The lowest BCUT2D eigenvalue weighted by Gasteiger charge is -2.10. The van der Waals surface area contributed by atoms with Crippen LogP contribution in [0.4, 0.5) is 4.39 Å². The standard InChI is InChI=1S/C23H21FN2O6S/c1-3-31-17-9-11-18(12-10-17)33(28,29)26-25-15-16-8-13-21(22(14-16)30-2)32-23(27)19-6-4-5-7-20(19)24/h4-15,26H,3H2,1-2H3/b25-15+. The molecule has 1 N–H and O–H groups in total. The molecule has 0 saturated carbocycles. The first-order valence-corrected chi connectivity index (χ1v) is 11.2. The molecule has 3 aromatic rings. The highest BCUT2D eigenvalue weighted by Crippen LogP contribution is 2.28. The van der Waals surface area contributed by atoms with Gasteiger partial charge in [0.05, 0.1) is 30.4 Å². The Morgan fingerprint density at radius 2 is 1.79 bits per heavy atom. The predicted molar refractivity (Wildman–Crippen MR) is 120 cm³/mol. The van der Waals surface area contributed by atoms with Gasteiger partial charge >= 0.3 is 5.97 Å². The first kappa shape index (κ1) is 23.7. The van der Waals surface area contributed by atoms with Gasteiger partial charge in [-0.1, -0.05) is 12.1 Å². The molecular weight excluding hydrogens is 451 g/mol. The average molecular weight is 472 g/mol. The molecule has 0 spiro atoms. The quantitative estimate of drug-likeness (QED) is 0.220. The van der Waals surface area contributed by atoms with Crippen molar-refractivity contribution < 1.29 is 31.8 Å². The van der Waals surface area contributed by atoms with E-state index in [1.807, 2.05) is 6.92 Å². The van der Waals surface area contributed by atoms with Gasteiger partial charge in [0, 0.05) is 0 Å². The van der Waals surface area contributed by atoms with Gasteiger partial charge in [-0.3, -0.25) is 0 Å². The molecule has 0 heterocycles. The van der Waals surface area contributed by atoms with E-state index in [-0.39, 0.29) is 22.0 Å². The number of ether oxygens (including phenoxy) is 3. The second-order valence-electron chi connectivity index (χ2n) is 6.54. The van der Waals surface area contributed by atoms with Crippen LogP contribution in [-0.2, 0) is 10.0 Å². The second-order valence-corrected chi connectivity index (χ2v) is 8.20. The number of carbonyl (C=O) groups is 1. The molecule has 0 unspecified atom stereocenters. The smallest absolute Gasteiger partial charge is 0.346 e. The van der Waals surface area contributed by atoms with Gasteiger partial charge in [0.15, 0.2) is 11.5 Å². The summed E-state index contributed by atoms with van der Waals surface area (Å²) in [5, 5.41) is 3.77. The van der Waals surface area contributed by atoms with Crippen molar-refractivity contribution in [2.75, 3.05) is 13.7 Å². The van der Waals surface area contributed by atoms with E-state index in [0.717, 1.165) is 6.07 Å². The average Bonchev–Trinajstić information content (AvgIpc) is 2.80. The van der Waals surface area contributed by atoms with Crippen molar-refractivity contribution in [1.82, 2.24) is 4.83 Å². The number of methoxy groups -OCH3 is 1. The molecule has 33 heavy (non-hydrogen) atoms. The van der Waals surface area contributed by atoms with Crippen LogP contribution in [0.1, 0.15) is 22.8 Å². The topological polar surface area (TPSA) is 103 Å². The molecule has 0 atom stereocenters. The molecule has 0 aliphatic heterocycles. The molecule has 0 aliphatic carbocycles. The molecule has 0 aliphatic rings. The predicted octanol–water partition coefficient (Wildman–Crippen LogP) is 3.76. The van der Waals surface area contributed by atoms with Gasteiger partial charge in [0.25, 0.3) is 10.0 Å². The van der Waals surface area contributed by atoms with Crippen molar-refractivity contribution in [1.29, 1.82) is 0 Å². The number of carbonyl (C=O) groups excluding carboxylic acids is 1. The van der Waals surface area contributed by atoms with E-state index in [1.165, 1.54) is 61.9 Å². The number of hydrogen-bond acceptors (Lipinski definition) is 7. The highest BCUT2D eigenvalue weighted by molar-refractivity contribution is 7.89. The van der Waals surface area contributed by atoms with Gasteiger partial charge in [0.1, 0.15) is 11.6 Å². The van der Waals surface area contributed by atoms with E-state index < -0.39 is 21.8 Å². The molecule has 0 saturated heterocycles. The summed E-state index contributed by atoms with van der Waals surface area (Å²) in [5.74, 6) is -0.778. The van der Waals surface area contributed by atoms with Crippen LogP contribution in [0.25, 0.3) is 0 Å². The largest absolute Gasteiger partial charge is 0.494 e. The van der Waals surface area contributed by atoms with Crippen molar-refractivity contribution in [3.05, 3.63) is 83.7 Å². The highest BCUT2D eigenvalue weighted by atomic mass is 32.2. The third-order valence-electron chi connectivity index (χ3n) is 4.32. The molecular formula is C23H21FN2O6S. The Bertz CT molecular complexity index is 1260. The van der Waals surface area contributed by atoms with E-state index in [4.69, 9.17) is 14.2 Å². The fourth-order valence-corrected chi connectivity index (χ4v) is 3.53. The van der Waals surface area contributed by atoms with Gasteiger partial charge in [0.2, 0.25) is 0 Å². The summed E-state index contributed by atoms with van der Waals surface area (Å²) in [5.41, 5.74) is 0.251. The van der Waals surface area contributed by atoms with Crippen molar-refractivity contribution in [2.24, 2.45) is 5.10 Å². The Kier molecular flexibility index (Phi) is 7.62. The number of hydrogen-bond donors (Lipinski definition) is 1.